The summed E-state index contributed by atoms with van der Waals surface area (Å²) in [5, 5.41) is 4.22. The molecule has 0 saturated carbocycles. The van der Waals surface area contributed by atoms with Crippen LogP contribution in [0.2, 0.25) is 5.02 Å². The Kier molecular flexibility index (Phi) is 5.25. The first-order valence-electron chi connectivity index (χ1n) is 6.35. The number of nitrogens with one attached hydrogen (secondary N) is 1. The van der Waals surface area contributed by atoms with E-state index in [0.717, 1.165) is 30.3 Å². The topological polar surface area (TPSA) is 21.3 Å². The SMILES string of the molecule is COCCc1ccccc1NCc1cccc(Cl)c1. The Morgan fingerprint density at radius 2 is 1.95 bits per heavy atom. The van der Waals surface area contributed by atoms with E-state index in [9.17, 15) is 0 Å². The summed E-state index contributed by atoms with van der Waals surface area (Å²) < 4.78 is 5.13. The number of anilines is 1. The maximum absolute atomic E-state index is 5.98. The van der Waals surface area contributed by atoms with Gasteiger partial charge in [0.2, 0.25) is 0 Å². The number of methoxy groups -OCH3 is 1. The van der Waals surface area contributed by atoms with E-state index in [0.29, 0.717) is 0 Å². The van der Waals surface area contributed by atoms with E-state index in [-0.39, 0.29) is 0 Å². The molecule has 0 aromatic heterocycles. The van der Waals surface area contributed by atoms with E-state index in [4.69, 9.17) is 16.3 Å². The Bertz CT molecular complexity index is 528. The number of rotatable bonds is 6. The minimum absolute atomic E-state index is 0.732. The molecule has 2 aromatic rings. The van der Waals surface area contributed by atoms with Gasteiger partial charge in [-0.05, 0) is 35.7 Å². The standard InChI is InChI=1S/C16H18ClNO/c1-19-10-9-14-6-2-3-8-16(14)18-12-13-5-4-7-15(17)11-13/h2-8,11,18H,9-10,12H2,1H3. The fourth-order valence-electron chi connectivity index (χ4n) is 1.97. The molecule has 19 heavy (non-hydrogen) atoms. The van der Waals surface area contributed by atoms with Gasteiger partial charge in [0.25, 0.3) is 0 Å². The first-order valence-corrected chi connectivity index (χ1v) is 6.72. The van der Waals surface area contributed by atoms with Gasteiger partial charge in [-0.3, -0.25) is 0 Å². The molecule has 0 radical (unpaired) electrons. The molecule has 0 aliphatic rings. The number of para-hydroxylation sites is 1. The van der Waals surface area contributed by atoms with E-state index in [1.807, 2.05) is 24.3 Å². The highest BCUT2D eigenvalue weighted by Crippen LogP contribution is 2.18. The van der Waals surface area contributed by atoms with Crippen molar-refractivity contribution in [3.05, 3.63) is 64.7 Å². The van der Waals surface area contributed by atoms with Crippen LogP contribution in [-0.2, 0) is 17.7 Å². The van der Waals surface area contributed by atoms with Crippen LogP contribution < -0.4 is 5.32 Å². The molecule has 0 bridgehead atoms. The van der Waals surface area contributed by atoms with Gasteiger partial charge in [0, 0.05) is 24.4 Å². The number of hydrogen-bond donors (Lipinski definition) is 1. The van der Waals surface area contributed by atoms with Gasteiger partial charge in [0.05, 0.1) is 6.61 Å². The maximum atomic E-state index is 5.98. The predicted molar refractivity (Wildman–Crippen MR) is 80.8 cm³/mol. The second-order valence-corrected chi connectivity index (χ2v) is 4.82. The number of halogens is 1. The monoisotopic (exact) mass is 275 g/mol. The highest BCUT2D eigenvalue weighted by molar-refractivity contribution is 6.30. The minimum atomic E-state index is 0.732. The Hall–Kier alpha value is -1.51. The number of ether oxygens (including phenoxy) is 1. The summed E-state index contributed by atoms with van der Waals surface area (Å²) in [6.07, 6.45) is 0.912. The molecule has 2 aromatic carbocycles. The van der Waals surface area contributed by atoms with Gasteiger partial charge in [0.1, 0.15) is 0 Å². The zero-order chi connectivity index (χ0) is 13.5. The van der Waals surface area contributed by atoms with Crippen molar-refractivity contribution in [1.29, 1.82) is 0 Å². The van der Waals surface area contributed by atoms with Gasteiger partial charge in [-0.1, -0.05) is 41.9 Å². The van der Waals surface area contributed by atoms with Gasteiger partial charge in [-0.25, -0.2) is 0 Å². The zero-order valence-corrected chi connectivity index (χ0v) is 11.8. The minimum Gasteiger partial charge on any atom is -0.384 e. The molecule has 2 nitrogen and oxygen atoms in total. The summed E-state index contributed by atoms with van der Waals surface area (Å²) in [6.45, 7) is 1.50. The molecule has 2 rings (SSSR count). The highest BCUT2D eigenvalue weighted by atomic mass is 35.5. The predicted octanol–water partition coefficient (Wildman–Crippen LogP) is 4.14. The molecule has 0 unspecified atom stereocenters. The molecule has 1 N–H and O–H groups in total. The lowest BCUT2D eigenvalue weighted by atomic mass is 10.1. The Morgan fingerprint density at radius 3 is 2.74 bits per heavy atom. The third-order valence-electron chi connectivity index (χ3n) is 2.96. The summed E-state index contributed by atoms with van der Waals surface area (Å²) in [5.74, 6) is 0. The zero-order valence-electron chi connectivity index (χ0n) is 11.0. The molecule has 0 saturated heterocycles. The summed E-state index contributed by atoms with van der Waals surface area (Å²) in [4.78, 5) is 0. The average Bonchev–Trinajstić information content (AvgIpc) is 2.44. The first-order chi connectivity index (χ1) is 9.29. The van der Waals surface area contributed by atoms with Gasteiger partial charge in [0.15, 0.2) is 0 Å². The number of benzene rings is 2. The molecule has 0 atom stereocenters. The Balaban J connectivity index is 2.02. The van der Waals surface area contributed by atoms with Crippen LogP contribution in [0, 0.1) is 0 Å². The largest absolute Gasteiger partial charge is 0.384 e. The van der Waals surface area contributed by atoms with Crippen LogP contribution in [0.3, 0.4) is 0 Å². The fourth-order valence-corrected chi connectivity index (χ4v) is 2.18. The second-order valence-electron chi connectivity index (χ2n) is 4.38. The molecular weight excluding hydrogens is 258 g/mol. The van der Waals surface area contributed by atoms with Crippen molar-refractivity contribution in [2.45, 2.75) is 13.0 Å². The van der Waals surface area contributed by atoms with Crippen molar-refractivity contribution in [3.63, 3.8) is 0 Å². The van der Waals surface area contributed by atoms with Crippen LogP contribution in [0.4, 0.5) is 5.69 Å². The van der Waals surface area contributed by atoms with Crippen LogP contribution in [0.1, 0.15) is 11.1 Å². The smallest absolute Gasteiger partial charge is 0.0503 e. The summed E-state index contributed by atoms with van der Waals surface area (Å²) in [7, 11) is 1.72. The van der Waals surface area contributed by atoms with Crippen LogP contribution in [0.25, 0.3) is 0 Å². The quantitative estimate of drug-likeness (QED) is 0.855. The normalized spacial score (nSPS) is 10.4. The molecule has 3 heteroatoms. The molecule has 0 amide bonds. The molecule has 0 fully saturated rings. The third-order valence-corrected chi connectivity index (χ3v) is 3.20. The molecule has 0 aliphatic heterocycles. The van der Waals surface area contributed by atoms with Gasteiger partial charge >= 0.3 is 0 Å². The van der Waals surface area contributed by atoms with Crippen LogP contribution >= 0.6 is 11.6 Å². The van der Waals surface area contributed by atoms with Crippen molar-refractivity contribution >= 4 is 17.3 Å². The lowest BCUT2D eigenvalue weighted by Crippen LogP contribution is -2.04. The lowest BCUT2D eigenvalue weighted by molar-refractivity contribution is 0.202. The van der Waals surface area contributed by atoms with Crippen molar-refractivity contribution in [2.24, 2.45) is 0 Å². The van der Waals surface area contributed by atoms with E-state index >= 15 is 0 Å². The van der Waals surface area contributed by atoms with Crippen molar-refractivity contribution in [1.82, 2.24) is 0 Å². The summed E-state index contributed by atoms with van der Waals surface area (Å²) >= 11 is 5.98. The van der Waals surface area contributed by atoms with Crippen LogP contribution in [-0.4, -0.2) is 13.7 Å². The van der Waals surface area contributed by atoms with Crippen molar-refractivity contribution in [3.8, 4) is 0 Å². The summed E-state index contributed by atoms with van der Waals surface area (Å²) in [6, 6.07) is 16.2. The summed E-state index contributed by atoms with van der Waals surface area (Å²) in [5.41, 5.74) is 3.60. The first kappa shape index (κ1) is 13.9. The Morgan fingerprint density at radius 1 is 1.11 bits per heavy atom. The van der Waals surface area contributed by atoms with Crippen molar-refractivity contribution < 1.29 is 4.74 Å². The van der Waals surface area contributed by atoms with E-state index in [2.05, 4.69) is 29.6 Å². The molecular formula is C16H18ClNO. The van der Waals surface area contributed by atoms with Crippen LogP contribution in [0.15, 0.2) is 48.5 Å². The molecule has 100 valence electrons. The highest BCUT2D eigenvalue weighted by Gasteiger charge is 2.01. The lowest BCUT2D eigenvalue weighted by Gasteiger charge is -2.12. The van der Waals surface area contributed by atoms with E-state index in [1.54, 1.807) is 7.11 Å². The Labute approximate surface area is 119 Å². The number of hydrogen-bond acceptors (Lipinski definition) is 2. The molecule has 0 aliphatic carbocycles. The third kappa shape index (κ3) is 4.27. The molecule has 0 heterocycles. The maximum Gasteiger partial charge on any atom is 0.0503 e. The van der Waals surface area contributed by atoms with Gasteiger partial charge in [-0.15, -0.1) is 0 Å². The second kappa shape index (κ2) is 7.17. The van der Waals surface area contributed by atoms with Gasteiger partial charge in [-0.2, -0.15) is 0 Å². The van der Waals surface area contributed by atoms with E-state index < -0.39 is 0 Å². The van der Waals surface area contributed by atoms with Crippen LogP contribution in [0.5, 0.6) is 0 Å². The molecule has 0 spiro atoms. The fraction of sp³-hybridized carbons (Fsp3) is 0.250. The van der Waals surface area contributed by atoms with E-state index in [1.165, 1.54) is 11.1 Å². The average molecular weight is 276 g/mol. The van der Waals surface area contributed by atoms with Crippen molar-refractivity contribution in [2.75, 3.05) is 19.0 Å². The van der Waals surface area contributed by atoms with Gasteiger partial charge < -0.3 is 10.1 Å².